The first kappa shape index (κ1) is 16.8. The summed E-state index contributed by atoms with van der Waals surface area (Å²) in [6, 6.07) is 10.2. The Morgan fingerprint density at radius 2 is 1.88 bits per heavy atom. The number of amides is 1. The molecule has 2 aromatic rings. The Kier molecular flexibility index (Phi) is 4.83. The van der Waals surface area contributed by atoms with Gasteiger partial charge in [0, 0.05) is 17.8 Å². The minimum atomic E-state index is -0.476. The van der Waals surface area contributed by atoms with Crippen LogP contribution >= 0.6 is 0 Å². The zero-order valence-corrected chi connectivity index (χ0v) is 14.3. The summed E-state index contributed by atoms with van der Waals surface area (Å²) in [5.74, 6) is 2.34. The molecule has 0 aromatic heterocycles. The molecule has 1 unspecified atom stereocenters. The standard InChI is InChI=1S/C18H20N2O5/c1-11(19-12-4-6-16-17(8-12)25-10-24-16)18(21)20-14-9-13(22-2)5-7-15(14)23-3/h4-9,11,19H,10H2,1-3H3,(H,20,21). The summed E-state index contributed by atoms with van der Waals surface area (Å²) in [5.41, 5.74) is 1.32. The lowest BCUT2D eigenvalue weighted by atomic mass is 10.2. The van der Waals surface area contributed by atoms with Crippen LogP contribution in [-0.4, -0.2) is 33.0 Å². The van der Waals surface area contributed by atoms with Crippen molar-refractivity contribution < 1.29 is 23.7 Å². The maximum Gasteiger partial charge on any atom is 0.246 e. The number of carbonyl (C=O) groups excluding carboxylic acids is 1. The van der Waals surface area contributed by atoms with Crippen LogP contribution in [0.4, 0.5) is 11.4 Å². The number of nitrogens with one attached hydrogen (secondary N) is 2. The monoisotopic (exact) mass is 344 g/mol. The number of rotatable bonds is 6. The van der Waals surface area contributed by atoms with E-state index in [1.807, 2.05) is 6.07 Å². The van der Waals surface area contributed by atoms with E-state index in [4.69, 9.17) is 18.9 Å². The molecule has 0 bridgehead atoms. The number of hydrogen-bond acceptors (Lipinski definition) is 6. The first-order valence-corrected chi connectivity index (χ1v) is 7.80. The quantitative estimate of drug-likeness (QED) is 0.839. The van der Waals surface area contributed by atoms with Gasteiger partial charge in [-0.25, -0.2) is 0 Å². The minimum absolute atomic E-state index is 0.204. The van der Waals surface area contributed by atoms with E-state index in [1.165, 1.54) is 0 Å². The number of anilines is 2. The van der Waals surface area contributed by atoms with Crippen molar-refractivity contribution in [3.63, 3.8) is 0 Å². The summed E-state index contributed by atoms with van der Waals surface area (Å²) < 4.78 is 21.1. The van der Waals surface area contributed by atoms with Crippen LogP contribution in [-0.2, 0) is 4.79 Å². The van der Waals surface area contributed by atoms with Gasteiger partial charge in [0.1, 0.15) is 17.5 Å². The van der Waals surface area contributed by atoms with Gasteiger partial charge in [0.2, 0.25) is 12.7 Å². The van der Waals surface area contributed by atoms with Gasteiger partial charge in [0.15, 0.2) is 11.5 Å². The second-order valence-corrected chi connectivity index (χ2v) is 5.49. The summed E-state index contributed by atoms with van der Waals surface area (Å²) >= 11 is 0. The van der Waals surface area contributed by atoms with Crippen LogP contribution in [0, 0.1) is 0 Å². The molecule has 1 aliphatic rings. The molecule has 132 valence electrons. The minimum Gasteiger partial charge on any atom is -0.497 e. The normalized spacial score (nSPS) is 13.1. The van der Waals surface area contributed by atoms with E-state index in [2.05, 4.69) is 10.6 Å². The van der Waals surface area contributed by atoms with Crippen molar-refractivity contribution in [3.05, 3.63) is 36.4 Å². The molecule has 7 heteroatoms. The topological polar surface area (TPSA) is 78.1 Å². The molecule has 3 rings (SSSR count). The van der Waals surface area contributed by atoms with Crippen LogP contribution in [0.25, 0.3) is 0 Å². The fourth-order valence-corrected chi connectivity index (χ4v) is 2.45. The molecule has 0 saturated heterocycles. The first-order valence-electron chi connectivity index (χ1n) is 7.80. The molecule has 0 spiro atoms. The molecule has 25 heavy (non-hydrogen) atoms. The van der Waals surface area contributed by atoms with Gasteiger partial charge in [0.05, 0.1) is 19.9 Å². The third-order valence-electron chi connectivity index (χ3n) is 3.81. The van der Waals surface area contributed by atoms with Gasteiger partial charge in [-0.15, -0.1) is 0 Å². The van der Waals surface area contributed by atoms with Crippen molar-refractivity contribution >= 4 is 17.3 Å². The molecule has 1 heterocycles. The predicted octanol–water partition coefficient (Wildman–Crippen LogP) is 2.87. The number of ether oxygens (including phenoxy) is 4. The molecule has 0 aliphatic carbocycles. The Hall–Kier alpha value is -3.09. The van der Waals surface area contributed by atoms with E-state index in [9.17, 15) is 4.79 Å². The second-order valence-electron chi connectivity index (χ2n) is 5.49. The Morgan fingerprint density at radius 3 is 2.64 bits per heavy atom. The van der Waals surface area contributed by atoms with Crippen molar-refractivity contribution in [2.75, 3.05) is 31.6 Å². The van der Waals surface area contributed by atoms with E-state index >= 15 is 0 Å². The fourth-order valence-electron chi connectivity index (χ4n) is 2.45. The van der Waals surface area contributed by atoms with Crippen LogP contribution in [0.5, 0.6) is 23.0 Å². The summed E-state index contributed by atoms with van der Waals surface area (Å²) in [6.45, 7) is 1.98. The molecular formula is C18H20N2O5. The van der Waals surface area contributed by atoms with Crippen molar-refractivity contribution in [1.29, 1.82) is 0 Å². The third-order valence-corrected chi connectivity index (χ3v) is 3.81. The number of methoxy groups -OCH3 is 2. The van der Waals surface area contributed by atoms with Crippen LogP contribution in [0.2, 0.25) is 0 Å². The zero-order valence-electron chi connectivity index (χ0n) is 14.3. The van der Waals surface area contributed by atoms with Crippen molar-refractivity contribution in [2.45, 2.75) is 13.0 Å². The van der Waals surface area contributed by atoms with Gasteiger partial charge >= 0.3 is 0 Å². The van der Waals surface area contributed by atoms with E-state index < -0.39 is 6.04 Å². The number of fused-ring (bicyclic) bond motifs is 1. The summed E-state index contributed by atoms with van der Waals surface area (Å²) in [4.78, 5) is 12.5. The molecule has 7 nitrogen and oxygen atoms in total. The summed E-state index contributed by atoms with van der Waals surface area (Å²) in [7, 11) is 3.11. The lowest BCUT2D eigenvalue weighted by molar-refractivity contribution is -0.116. The zero-order chi connectivity index (χ0) is 17.8. The summed E-state index contributed by atoms with van der Waals surface area (Å²) in [6.07, 6.45) is 0. The van der Waals surface area contributed by atoms with Gasteiger partial charge in [-0.2, -0.15) is 0 Å². The van der Waals surface area contributed by atoms with E-state index in [0.717, 1.165) is 5.69 Å². The Morgan fingerprint density at radius 1 is 1.08 bits per heavy atom. The van der Waals surface area contributed by atoms with E-state index in [1.54, 1.807) is 51.5 Å². The maximum atomic E-state index is 12.5. The average molecular weight is 344 g/mol. The lowest BCUT2D eigenvalue weighted by Crippen LogP contribution is -2.32. The second kappa shape index (κ2) is 7.21. The van der Waals surface area contributed by atoms with Crippen LogP contribution in [0.15, 0.2) is 36.4 Å². The Balaban J connectivity index is 1.68. The number of carbonyl (C=O) groups is 1. The molecule has 0 saturated carbocycles. The molecule has 1 amide bonds. The van der Waals surface area contributed by atoms with Crippen molar-refractivity contribution in [1.82, 2.24) is 0 Å². The third kappa shape index (κ3) is 3.71. The van der Waals surface area contributed by atoms with Crippen LogP contribution < -0.4 is 29.6 Å². The molecule has 2 aromatic carbocycles. The number of hydrogen-bond donors (Lipinski definition) is 2. The van der Waals surface area contributed by atoms with E-state index in [-0.39, 0.29) is 12.7 Å². The van der Waals surface area contributed by atoms with Gasteiger partial charge in [-0.1, -0.05) is 0 Å². The smallest absolute Gasteiger partial charge is 0.246 e. The van der Waals surface area contributed by atoms with Gasteiger partial charge in [-0.05, 0) is 31.2 Å². The highest BCUT2D eigenvalue weighted by Crippen LogP contribution is 2.34. The fraction of sp³-hybridized carbons (Fsp3) is 0.278. The van der Waals surface area contributed by atoms with Crippen molar-refractivity contribution in [2.24, 2.45) is 0 Å². The van der Waals surface area contributed by atoms with E-state index in [0.29, 0.717) is 28.7 Å². The first-order chi connectivity index (χ1) is 12.1. The van der Waals surface area contributed by atoms with Crippen LogP contribution in [0.1, 0.15) is 6.92 Å². The molecule has 0 radical (unpaired) electrons. The van der Waals surface area contributed by atoms with Gasteiger partial charge in [-0.3, -0.25) is 4.79 Å². The molecule has 1 aliphatic heterocycles. The Bertz CT molecular complexity index is 778. The highest BCUT2D eigenvalue weighted by atomic mass is 16.7. The van der Waals surface area contributed by atoms with Gasteiger partial charge < -0.3 is 29.6 Å². The van der Waals surface area contributed by atoms with Crippen molar-refractivity contribution in [3.8, 4) is 23.0 Å². The highest BCUT2D eigenvalue weighted by Gasteiger charge is 2.18. The maximum absolute atomic E-state index is 12.5. The predicted molar refractivity (Wildman–Crippen MR) is 93.8 cm³/mol. The molecule has 0 fully saturated rings. The average Bonchev–Trinajstić information content (AvgIpc) is 3.09. The van der Waals surface area contributed by atoms with Gasteiger partial charge in [0.25, 0.3) is 0 Å². The molecular weight excluding hydrogens is 324 g/mol. The molecule has 1 atom stereocenters. The summed E-state index contributed by atoms with van der Waals surface area (Å²) in [5, 5.41) is 5.98. The molecule has 2 N–H and O–H groups in total. The Labute approximate surface area is 145 Å². The highest BCUT2D eigenvalue weighted by molar-refractivity contribution is 5.97. The SMILES string of the molecule is COc1ccc(OC)c(NC(=O)C(C)Nc2ccc3c(c2)OCO3)c1. The lowest BCUT2D eigenvalue weighted by Gasteiger charge is -2.17. The van der Waals surface area contributed by atoms with Crippen LogP contribution in [0.3, 0.4) is 0 Å². The largest absolute Gasteiger partial charge is 0.497 e. The number of benzene rings is 2.